The summed E-state index contributed by atoms with van der Waals surface area (Å²) in [4.78, 5) is 4.63. The molecule has 5 heteroatoms. The summed E-state index contributed by atoms with van der Waals surface area (Å²) in [7, 11) is 1.69. The van der Waals surface area contributed by atoms with E-state index in [9.17, 15) is 0 Å². The molecule has 0 aromatic heterocycles. The molecular weight excluding hydrogens is 278 g/mol. The Labute approximate surface area is 137 Å². The van der Waals surface area contributed by atoms with Gasteiger partial charge in [0.1, 0.15) is 0 Å². The van der Waals surface area contributed by atoms with Crippen molar-refractivity contribution in [2.75, 3.05) is 40.0 Å². The van der Waals surface area contributed by atoms with Gasteiger partial charge in [-0.25, -0.2) is 0 Å². The SMILES string of the molecule is CCCCCC(C)NC(=NCCCCOCCOC)NCC. The summed E-state index contributed by atoms with van der Waals surface area (Å²) in [5.74, 6) is 0.937. The van der Waals surface area contributed by atoms with Crippen molar-refractivity contribution in [3.05, 3.63) is 0 Å². The summed E-state index contributed by atoms with van der Waals surface area (Å²) >= 11 is 0. The average molecular weight is 316 g/mol. The molecule has 1 atom stereocenters. The second kappa shape index (κ2) is 16.6. The molecule has 0 fully saturated rings. The van der Waals surface area contributed by atoms with Crippen molar-refractivity contribution >= 4 is 5.96 Å². The van der Waals surface area contributed by atoms with Crippen molar-refractivity contribution in [3.63, 3.8) is 0 Å². The number of unbranched alkanes of at least 4 members (excludes halogenated alkanes) is 3. The zero-order chi connectivity index (χ0) is 16.5. The molecular formula is C17H37N3O2. The molecule has 0 aliphatic rings. The lowest BCUT2D eigenvalue weighted by Gasteiger charge is -2.17. The van der Waals surface area contributed by atoms with Gasteiger partial charge in [-0.3, -0.25) is 4.99 Å². The van der Waals surface area contributed by atoms with Crippen molar-refractivity contribution in [2.24, 2.45) is 4.99 Å². The molecule has 0 bridgehead atoms. The van der Waals surface area contributed by atoms with E-state index in [1.165, 1.54) is 25.7 Å². The van der Waals surface area contributed by atoms with Crippen LogP contribution >= 0.6 is 0 Å². The summed E-state index contributed by atoms with van der Waals surface area (Å²) in [5.41, 5.74) is 0. The predicted molar refractivity (Wildman–Crippen MR) is 94.6 cm³/mol. The van der Waals surface area contributed by atoms with Gasteiger partial charge in [-0.1, -0.05) is 26.2 Å². The molecule has 132 valence electrons. The van der Waals surface area contributed by atoms with Gasteiger partial charge in [0.15, 0.2) is 5.96 Å². The molecule has 0 amide bonds. The Bertz CT molecular complexity index is 260. The van der Waals surface area contributed by atoms with Gasteiger partial charge in [0, 0.05) is 32.8 Å². The highest BCUT2D eigenvalue weighted by atomic mass is 16.5. The highest BCUT2D eigenvalue weighted by Gasteiger charge is 2.04. The highest BCUT2D eigenvalue weighted by Crippen LogP contribution is 2.02. The van der Waals surface area contributed by atoms with Gasteiger partial charge in [0.05, 0.1) is 13.2 Å². The molecule has 0 aromatic rings. The third-order valence-corrected chi connectivity index (χ3v) is 3.37. The molecule has 0 aliphatic carbocycles. The van der Waals surface area contributed by atoms with Gasteiger partial charge in [-0.15, -0.1) is 0 Å². The van der Waals surface area contributed by atoms with Crippen LogP contribution in [-0.2, 0) is 9.47 Å². The number of hydrogen-bond acceptors (Lipinski definition) is 3. The van der Waals surface area contributed by atoms with Crippen LogP contribution < -0.4 is 10.6 Å². The van der Waals surface area contributed by atoms with Crippen molar-refractivity contribution in [2.45, 2.75) is 65.3 Å². The minimum Gasteiger partial charge on any atom is -0.382 e. The first kappa shape index (κ1) is 21.2. The first-order valence-corrected chi connectivity index (χ1v) is 8.86. The van der Waals surface area contributed by atoms with Crippen LogP contribution in [0.4, 0.5) is 0 Å². The number of nitrogens with one attached hydrogen (secondary N) is 2. The Balaban J connectivity index is 3.80. The van der Waals surface area contributed by atoms with E-state index in [4.69, 9.17) is 9.47 Å². The van der Waals surface area contributed by atoms with E-state index in [-0.39, 0.29) is 0 Å². The molecule has 0 aliphatic heterocycles. The van der Waals surface area contributed by atoms with Crippen LogP contribution in [0.3, 0.4) is 0 Å². The largest absolute Gasteiger partial charge is 0.382 e. The molecule has 0 saturated carbocycles. The molecule has 2 N–H and O–H groups in total. The number of hydrogen-bond donors (Lipinski definition) is 2. The summed E-state index contributed by atoms with van der Waals surface area (Å²) < 4.78 is 10.4. The molecule has 0 saturated heterocycles. The summed E-state index contributed by atoms with van der Waals surface area (Å²) in [6.45, 7) is 10.4. The molecule has 0 aromatic carbocycles. The highest BCUT2D eigenvalue weighted by molar-refractivity contribution is 5.79. The Morgan fingerprint density at radius 2 is 1.86 bits per heavy atom. The maximum absolute atomic E-state index is 5.44. The van der Waals surface area contributed by atoms with E-state index in [1.54, 1.807) is 7.11 Å². The van der Waals surface area contributed by atoms with Gasteiger partial charge >= 0.3 is 0 Å². The maximum Gasteiger partial charge on any atom is 0.191 e. The normalized spacial score (nSPS) is 13.2. The number of guanidine groups is 1. The summed E-state index contributed by atoms with van der Waals surface area (Å²) in [6.07, 6.45) is 7.15. The van der Waals surface area contributed by atoms with Crippen LogP contribution in [0.25, 0.3) is 0 Å². The third-order valence-electron chi connectivity index (χ3n) is 3.37. The molecule has 1 unspecified atom stereocenters. The van der Waals surface area contributed by atoms with Crippen LogP contribution in [0.2, 0.25) is 0 Å². The number of ether oxygens (including phenoxy) is 2. The van der Waals surface area contributed by atoms with Crippen LogP contribution in [0.15, 0.2) is 4.99 Å². The standard InChI is InChI=1S/C17H37N3O2/c1-5-7-8-11-16(3)20-17(18-6-2)19-12-9-10-13-22-15-14-21-4/h16H,5-15H2,1-4H3,(H2,18,19,20). The van der Waals surface area contributed by atoms with Gasteiger partial charge in [0.25, 0.3) is 0 Å². The van der Waals surface area contributed by atoms with Gasteiger partial charge in [0.2, 0.25) is 0 Å². The lowest BCUT2D eigenvalue weighted by Crippen LogP contribution is -2.42. The van der Waals surface area contributed by atoms with Crippen molar-refractivity contribution in [3.8, 4) is 0 Å². The van der Waals surface area contributed by atoms with E-state index in [2.05, 4.69) is 36.4 Å². The lowest BCUT2D eigenvalue weighted by atomic mass is 10.1. The Kier molecular flexibility index (Phi) is 15.9. The quantitative estimate of drug-likeness (QED) is 0.294. The van der Waals surface area contributed by atoms with E-state index in [0.29, 0.717) is 19.3 Å². The van der Waals surface area contributed by atoms with Crippen LogP contribution in [0, 0.1) is 0 Å². The Morgan fingerprint density at radius 3 is 2.55 bits per heavy atom. The molecule has 0 heterocycles. The monoisotopic (exact) mass is 315 g/mol. The zero-order valence-electron chi connectivity index (χ0n) is 15.1. The van der Waals surface area contributed by atoms with E-state index in [0.717, 1.165) is 38.5 Å². The van der Waals surface area contributed by atoms with Crippen LogP contribution in [-0.4, -0.2) is 52.0 Å². The minimum absolute atomic E-state index is 0.474. The fourth-order valence-corrected chi connectivity index (χ4v) is 2.08. The van der Waals surface area contributed by atoms with Crippen molar-refractivity contribution in [1.82, 2.24) is 10.6 Å². The second-order valence-electron chi connectivity index (χ2n) is 5.61. The smallest absolute Gasteiger partial charge is 0.191 e. The van der Waals surface area contributed by atoms with Gasteiger partial charge < -0.3 is 20.1 Å². The third kappa shape index (κ3) is 14.1. The molecule has 5 nitrogen and oxygen atoms in total. The van der Waals surface area contributed by atoms with Crippen molar-refractivity contribution < 1.29 is 9.47 Å². The Hall–Kier alpha value is -0.810. The number of nitrogens with zero attached hydrogens (tertiary/aromatic N) is 1. The topological polar surface area (TPSA) is 54.9 Å². The van der Waals surface area contributed by atoms with Crippen molar-refractivity contribution in [1.29, 1.82) is 0 Å². The first-order chi connectivity index (χ1) is 10.7. The summed E-state index contributed by atoms with van der Waals surface area (Å²) in [6, 6.07) is 0.474. The minimum atomic E-state index is 0.474. The maximum atomic E-state index is 5.44. The van der Waals surface area contributed by atoms with Gasteiger partial charge in [-0.05, 0) is 33.1 Å². The average Bonchev–Trinajstić information content (AvgIpc) is 2.50. The molecule has 0 radical (unpaired) electrons. The van der Waals surface area contributed by atoms with Gasteiger partial charge in [-0.2, -0.15) is 0 Å². The first-order valence-electron chi connectivity index (χ1n) is 8.86. The molecule has 0 spiro atoms. The van der Waals surface area contributed by atoms with E-state index >= 15 is 0 Å². The Morgan fingerprint density at radius 1 is 1.05 bits per heavy atom. The lowest BCUT2D eigenvalue weighted by molar-refractivity contribution is 0.0690. The van der Waals surface area contributed by atoms with E-state index in [1.807, 2.05) is 0 Å². The molecule has 0 rings (SSSR count). The van der Waals surface area contributed by atoms with Crippen LogP contribution in [0.5, 0.6) is 0 Å². The fourth-order valence-electron chi connectivity index (χ4n) is 2.08. The fraction of sp³-hybridized carbons (Fsp3) is 0.941. The zero-order valence-corrected chi connectivity index (χ0v) is 15.1. The molecule has 22 heavy (non-hydrogen) atoms. The second-order valence-corrected chi connectivity index (χ2v) is 5.61. The van der Waals surface area contributed by atoms with E-state index < -0.39 is 0 Å². The summed E-state index contributed by atoms with van der Waals surface area (Å²) in [5, 5.41) is 6.80. The predicted octanol–water partition coefficient (Wildman–Crippen LogP) is 2.95. The number of methoxy groups -OCH3 is 1. The number of aliphatic imine (C=N–C) groups is 1. The van der Waals surface area contributed by atoms with Crippen LogP contribution in [0.1, 0.15) is 59.3 Å². The number of rotatable bonds is 14.